The van der Waals surface area contributed by atoms with Crippen LogP contribution in [0.25, 0.3) is 0 Å². The van der Waals surface area contributed by atoms with Gasteiger partial charge in [-0.25, -0.2) is 0 Å². The lowest BCUT2D eigenvalue weighted by Gasteiger charge is -2.21. The number of esters is 1. The van der Waals surface area contributed by atoms with E-state index in [4.69, 9.17) is 10.5 Å². The van der Waals surface area contributed by atoms with Gasteiger partial charge in [0, 0.05) is 0 Å². The highest BCUT2D eigenvalue weighted by Gasteiger charge is 2.19. The molecule has 0 radical (unpaired) electrons. The molecule has 0 bridgehead atoms. The first-order chi connectivity index (χ1) is 8.81. The van der Waals surface area contributed by atoms with Crippen molar-refractivity contribution >= 4 is 72.5 Å². The van der Waals surface area contributed by atoms with Crippen molar-refractivity contribution < 1.29 is 9.53 Å². The number of hydrogen-bond donors (Lipinski definition) is 1. The molecule has 1 rings (SSSR count). The summed E-state index contributed by atoms with van der Waals surface area (Å²) in [5.41, 5.74) is 13.5. The zero-order valence-corrected chi connectivity index (χ0v) is 12.9. The van der Waals surface area contributed by atoms with Gasteiger partial charge in [0.15, 0.2) is 0 Å². The fourth-order valence-electron chi connectivity index (χ4n) is 2.44. The van der Waals surface area contributed by atoms with E-state index in [0.717, 1.165) is 0 Å². The van der Waals surface area contributed by atoms with Crippen molar-refractivity contribution in [2.45, 2.75) is 19.4 Å². The largest absolute Gasteiger partial charge is 0.465 e. The Morgan fingerprint density at radius 2 is 1.47 bits per heavy atom. The highest BCUT2D eigenvalue weighted by atomic mass is 16.5. The first kappa shape index (κ1) is 16.0. The van der Waals surface area contributed by atoms with Crippen molar-refractivity contribution in [1.29, 1.82) is 0 Å². The predicted molar refractivity (Wildman–Crippen MR) is 95.6 cm³/mol. The second kappa shape index (κ2) is 6.42. The van der Waals surface area contributed by atoms with Crippen LogP contribution in [0.1, 0.15) is 12.5 Å². The van der Waals surface area contributed by atoms with Gasteiger partial charge in [0.05, 0.1) is 6.61 Å². The van der Waals surface area contributed by atoms with Crippen LogP contribution < -0.4 is 33.0 Å². The van der Waals surface area contributed by atoms with E-state index in [0.29, 0.717) is 13.0 Å². The van der Waals surface area contributed by atoms with E-state index in [-0.39, 0.29) is 5.97 Å². The molecule has 1 aromatic rings. The number of rotatable bonds is 4. The molecule has 0 aliphatic carbocycles. The summed E-state index contributed by atoms with van der Waals surface area (Å²) in [7, 11) is 10.6. The molecule has 0 amide bonds. The van der Waals surface area contributed by atoms with Gasteiger partial charge in [0.1, 0.15) is 45.3 Å². The van der Waals surface area contributed by atoms with Gasteiger partial charge in [-0.3, -0.25) is 4.79 Å². The van der Waals surface area contributed by atoms with Gasteiger partial charge >= 0.3 is 5.97 Å². The number of carbonyl (C=O) groups excluding carboxylic acids is 1. The molecule has 0 saturated carbocycles. The topological polar surface area (TPSA) is 52.3 Å². The minimum Gasteiger partial charge on any atom is -0.465 e. The Morgan fingerprint density at radius 1 is 1.05 bits per heavy atom. The Bertz CT molecular complexity index is 477. The van der Waals surface area contributed by atoms with E-state index in [1.165, 1.54) is 32.9 Å². The predicted octanol–water partition coefficient (Wildman–Crippen LogP) is -7.59. The summed E-state index contributed by atoms with van der Waals surface area (Å²) in [6.07, 6.45) is 0.540. The Hall–Kier alpha value is -1.03. The van der Waals surface area contributed by atoms with Crippen LogP contribution in [0.15, 0.2) is 0 Å². The minimum absolute atomic E-state index is 0.322. The zero-order chi connectivity index (χ0) is 14.7. The normalized spacial score (nSPS) is 12.1. The summed E-state index contributed by atoms with van der Waals surface area (Å²) in [6.45, 7) is 2.16. The molecule has 3 nitrogen and oxygen atoms in total. The third-order valence-corrected chi connectivity index (χ3v) is 4.17. The van der Waals surface area contributed by atoms with E-state index < -0.39 is 6.04 Å². The van der Waals surface area contributed by atoms with Crippen LogP contribution in [-0.4, -0.2) is 57.8 Å². The summed E-state index contributed by atoms with van der Waals surface area (Å²) in [6, 6.07) is -0.584. The molecule has 8 heteroatoms. The van der Waals surface area contributed by atoms with Crippen molar-refractivity contribution in [3.8, 4) is 0 Å². The maximum Gasteiger partial charge on any atom is 0.323 e. The monoisotopic (exact) mass is 253 g/mol. The van der Waals surface area contributed by atoms with Crippen molar-refractivity contribution in [3.05, 3.63) is 5.56 Å². The fraction of sp³-hybridized carbons (Fsp3) is 0.364. The third-order valence-electron chi connectivity index (χ3n) is 4.17. The Kier molecular flexibility index (Phi) is 5.42. The second-order valence-corrected chi connectivity index (χ2v) is 5.17. The van der Waals surface area contributed by atoms with E-state index >= 15 is 0 Å². The van der Waals surface area contributed by atoms with Gasteiger partial charge < -0.3 is 10.5 Å². The van der Waals surface area contributed by atoms with Crippen LogP contribution in [0.3, 0.4) is 0 Å². The van der Waals surface area contributed by atoms with Crippen LogP contribution in [0.2, 0.25) is 0 Å². The lowest BCUT2D eigenvalue weighted by Crippen LogP contribution is -2.57. The standard InChI is InChI=1S/C11H20B5NO2/c1-2-19-11(18)5(17)3-4-6(12)8(14)10(16)9(15)7(4)13/h5H,2-3,12-17H2,1H3/t5-/m0/s1. The Morgan fingerprint density at radius 3 is 1.89 bits per heavy atom. The number of nitrogens with two attached hydrogens (primary N) is 1. The van der Waals surface area contributed by atoms with Crippen molar-refractivity contribution in [2.24, 2.45) is 5.73 Å². The highest BCUT2D eigenvalue weighted by molar-refractivity contribution is 6.67. The van der Waals surface area contributed by atoms with Gasteiger partial charge in [0.25, 0.3) is 0 Å². The molecule has 0 heterocycles. The third kappa shape index (κ3) is 3.30. The molecule has 0 aromatic heterocycles. The summed E-state index contributed by atoms with van der Waals surface area (Å²) in [4.78, 5) is 11.7. The fourth-order valence-corrected chi connectivity index (χ4v) is 2.44. The average molecular weight is 252 g/mol. The number of hydrogen-bond acceptors (Lipinski definition) is 3. The van der Waals surface area contributed by atoms with Crippen molar-refractivity contribution in [1.82, 2.24) is 0 Å². The van der Waals surface area contributed by atoms with E-state index in [1.807, 2.05) is 0 Å². The SMILES string of the molecule is Bc1c(B)c(B)c(C[C@H](N)C(=O)OCC)c(B)c1B. The Balaban J connectivity index is 3.12. The maximum atomic E-state index is 11.7. The van der Waals surface area contributed by atoms with Gasteiger partial charge in [-0.05, 0) is 13.3 Å². The second-order valence-electron chi connectivity index (χ2n) is 5.17. The highest BCUT2D eigenvalue weighted by Crippen LogP contribution is 1.96. The lowest BCUT2D eigenvalue weighted by atomic mass is 9.60. The van der Waals surface area contributed by atoms with Gasteiger partial charge in [-0.1, -0.05) is 16.5 Å². The van der Waals surface area contributed by atoms with Crippen LogP contribution in [0.4, 0.5) is 0 Å². The van der Waals surface area contributed by atoms with Gasteiger partial charge in [-0.2, -0.15) is 0 Å². The molecule has 2 N–H and O–H groups in total. The molecule has 0 spiro atoms. The summed E-state index contributed by atoms with van der Waals surface area (Å²) >= 11 is 0. The minimum atomic E-state index is -0.584. The number of carbonyl (C=O) groups is 1. The van der Waals surface area contributed by atoms with E-state index in [2.05, 4.69) is 39.2 Å². The molecule has 0 saturated heterocycles. The summed E-state index contributed by atoms with van der Waals surface area (Å²) in [5, 5.41) is 0. The van der Waals surface area contributed by atoms with Crippen LogP contribution in [0, 0.1) is 0 Å². The first-order valence-electron chi connectivity index (χ1n) is 6.79. The average Bonchev–Trinajstić information content (AvgIpc) is 2.39. The zero-order valence-electron chi connectivity index (χ0n) is 12.9. The molecule has 1 aromatic carbocycles. The Labute approximate surface area is 120 Å². The maximum absolute atomic E-state index is 11.7. The molecular formula is C11H20B5NO2. The lowest BCUT2D eigenvalue weighted by molar-refractivity contribution is -0.144. The van der Waals surface area contributed by atoms with Crippen molar-refractivity contribution in [2.75, 3.05) is 6.61 Å². The summed E-state index contributed by atoms with van der Waals surface area (Å²) < 4.78 is 4.98. The molecule has 96 valence electrons. The smallest absolute Gasteiger partial charge is 0.323 e. The molecule has 1 atom stereocenters. The molecule has 0 aliphatic rings. The van der Waals surface area contributed by atoms with Gasteiger partial charge in [0.2, 0.25) is 0 Å². The molecule has 0 unspecified atom stereocenters. The number of benzene rings is 1. The summed E-state index contributed by atoms with van der Waals surface area (Å²) in [5.74, 6) is -0.322. The molecule has 0 fully saturated rings. The van der Waals surface area contributed by atoms with E-state index in [1.54, 1.807) is 6.92 Å². The number of ether oxygens (including phenoxy) is 1. The molecule has 0 aliphatic heterocycles. The molecule has 19 heavy (non-hydrogen) atoms. The van der Waals surface area contributed by atoms with Gasteiger partial charge in [-0.15, -0.1) is 16.4 Å². The van der Waals surface area contributed by atoms with Crippen molar-refractivity contribution in [3.63, 3.8) is 0 Å². The van der Waals surface area contributed by atoms with Crippen LogP contribution in [0.5, 0.6) is 0 Å². The van der Waals surface area contributed by atoms with Crippen LogP contribution in [-0.2, 0) is 16.0 Å². The van der Waals surface area contributed by atoms with Crippen LogP contribution >= 0.6 is 0 Å². The van der Waals surface area contributed by atoms with E-state index in [9.17, 15) is 4.79 Å². The quantitative estimate of drug-likeness (QED) is 0.428. The first-order valence-corrected chi connectivity index (χ1v) is 6.79. The molecular weight excluding hydrogens is 232 g/mol.